The Kier molecular flexibility index (Phi) is 5.44. The molecule has 0 aliphatic heterocycles. The van der Waals surface area contributed by atoms with Crippen molar-refractivity contribution in [2.75, 3.05) is 30.4 Å². The fourth-order valence-electron chi connectivity index (χ4n) is 2.47. The highest BCUT2D eigenvalue weighted by molar-refractivity contribution is 5.93. The Morgan fingerprint density at radius 2 is 2.14 bits per heavy atom. The highest BCUT2D eigenvalue weighted by Gasteiger charge is 2.31. The van der Waals surface area contributed by atoms with Gasteiger partial charge in [-0.15, -0.1) is 0 Å². The summed E-state index contributed by atoms with van der Waals surface area (Å²) in [6.45, 7) is 3.05. The van der Waals surface area contributed by atoms with Gasteiger partial charge in [-0.05, 0) is 44.2 Å². The fraction of sp³-hybridized carbons (Fsp3) is 0.562. The molecule has 21 heavy (non-hydrogen) atoms. The molecule has 0 aromatic heterocycles. The van der Waals surface area contributed by atoms with Crippen LogP contribution in [0, 0.1) is 5.92 Å². The van der Waals surface area contributed by atoms with E-state index in [4.69, 9.17) is 5.11 Å². The number of amides is 2. The Morgan fingerprint density at radius 3 is 2.76 bits per heavy atom. The topological polar surface area (TPSA) is 64.6 Å². The predicted molar refractivity (Wildman–Crippen MR) is 85.8 cm³/mol. The number of benzene rings is 1. The van der Waals surface area contributed by atoms with E-state index >= 15 is 0 Å². The third kappa shape index (κ3) is 4.36. The van der Waals surface area contributed by atoms with E-state index in [2.05, 4.69) is 22.5 Å². The molecule has 0 heterocycles. The maximum atomic E-state index is 12.2. The van der Waals surface area contributed by atoms with Crippen LogP contribution in [0.25, 0.3) is 0 Å². The molecular formula is C16H25N3O2. The van der Waals surface area contributed by atoms with Gasteiger partial charge in [0.2, 0.25) is 0 Å². The summed E-state index contributed by atoms with van der Waals surface area (Å²) in [5.41, 5.74) is 1.80. The first-order valence-electron chi connectivity index (χ1n) is 7.64. The monoisotopic (exact) mass is 291 g/mol. The number of para-hydroxylation sites is 2. The van der Waals surface area contributed by atoms with E-state index in [1.807, 2.05) is 31.3 Å². The van der Waals surface area contributed by atoms with Crippen LogP contribution in [-0.2, 0) is 0 Å². The molecule has 116 valence electrons. The molecule has 5 heteroatoms. The molecule has 0 radical (unpaired) electrons. The maximum Gasteiger partial charge on any atom is 0.319 e. The van der Waals surface area contributed by atoms with Gasteiger partial charge in [-0.3, -0.25) is 0 Å². The number of anilines is 2. The molecule has 1 aromatic rings. The molecule has 1 fully saturated rings. The van der Waals surface area contributed by atoms with Crippen LogP contribution >= 0.6 is 0 Å². The average molecular weight is 291 g/mol. The highest BCUT2D eigenvalue weighted by Crippen LogP contribution is 2.34. The molecule has 0 spiro atoms. The van der Waals surface area contributed by atoms with Crippen molar-refractivity contribution in [3.63, 3.8) is 0 Å². The summed E-state index contributed by atoms with van der Waals surface area (Å²) in [5, 5.41) is 15.0. The van der Waals surface area contributed by atoms with E-state index in [-0.39, 0.29) is 18.7 Å². The highest BCUT2D eigenvalue weighted by atomic mass is 16.3. The van der Waals surface area contributed by atoms with Gasteiger partial charge >= 0.3 is 6.03 Å². The fourth-order valence-corrected chi connectivity index (χ4v) is 2.47. The van der Waals surface area contributed by atoms with Crippen LogP contribution in [0.3, 0.4) is 0 Å². The number of urea groups is 1. The summed E-state index contributed by atoms with van der Waals surface area (Å²) >= 11 is 0. The van der Waals surface area contributed by atoms with Gasteiger partial charge in [0.1, 0.15) is 0 Å². The Bertz CT molecular complexity index is 474. The second kappa shape index (κ2) is 7.31. The van der Waals surface area contributed by atoms with Crippen molar-refractivity contribution in [3.8, 4) is 0 Å². The predicted octanol–water partition coefficient (Wildman–Crippen LogP) is 2.43. The normalized spacial score (nSPS) is 15.4. The van der Waals surface area contributed by atoms with Crippen molar-refractivity contribution in [3.05, 3.63) is 24.3 Å². The van der Waals surface area contributed by atoms with Gasteiger partial charge in [0.05, 0.1) is 11.4 Å². The first-order chi connectivity index (χ1) is 10.2. The average Bonchev–Trinajstić information content (AvgIpc) is 3.31. The van der Waals surface area contributed by atoms with E-state index in [1.165, 1.54) is 0 Å². The van der Waals surface area contributed by atoms with Crippen LogP contribution in [0.5, 0.6) is 0 Å². The zero-order valence-corrected chi connectivity index (χ0v) is 12.8. The standard InChI is InChI=1S/C16H25N3O2/c1-3-19(2)15-7-5-4-6-14(15)18-16(21)17-13(10-11-20)12-8-9-12/h4-7,12-13,20H,3,8-11H2,1-2H3,(H2,17,18,21). The molecule has 0 bridgehead atoms. The second-order valence-corrected chi connectivity index (χ2v) is 5.59. The summed E-state index contributed by atoms with van der Waals surface area (Å²) < 4.78 is 0. The van der Waals surface area contributed by atoms with Gasteiger partial charge in [0.25, 0.3) is 0 Å². The lowest BCUT2D eigenvalue weighted by Crippen LogP contribution is -2.40. The van der Waals surface area contributed by atoms with Gasteiger partial charge in [0, 0.05) is 26.2 Å². The van der Waals surface area contributed by atoms with Gasteiger partial charge in [-0.1, -0.05) is 12.1 Å². The SMILES string of the molecule is CCN(C)c1ccccc1NC(=O)NC(CCO)C1CC1. The third-order valence-electron chi connectivity index (χ3n) is 3.99. The van der Waals surface area contributed by atoms with E-state index in [9.17, 15) is 4.79 Å². The van der Waals surface area contributed by atoms with Crippen molar-refractivity contribution in [1.82, 2.24) is 5.32 Å². The van der Waals surface area contributed by atoms with E-state index in [1.54, 1.807) is 0 Å². The lowest BCUT2D eigenvalue weighted by atomic mass is 10.1. The minimum atomic E-state index is -0.197. The molecule has 3 N–H and O–H groups in total. The molecule has 2 amide bonds. The van der Waals surface area contributed by atoms with Crippen LogP contribution < -0.4 is 15.5 Å². The van der Waals surface area contributed by atoms with Crippen LogP contribution in [-0.4, -0.2) is 37.4 Å². The van der Waals surface area contributed by atoms with Gasteiger partial charge in [-0.2, -0.15) is 0 Å². The molecule has 1 aliphatic rings. The van der Waals surface area contributed by atoms with Crippen LogP contribution in [0.15, 0.2) is 24.3 Å². The molecular weight excluding hydrogens is 266 g/mol. The zero-order valence-electron chi connectivity index (χ0n) is 12.8. The first kappa shape index (κ1) is 15.6. The number of hydrogen-bond acceptors (Lipinski definition) is 3. The second-order valence-electron chi connectivity index (χ2n) is 5.59. The zero-order chi connectivity index (χ0) is 15.2. The Hall–Kier alpha value is -1.75. The lowest BCUT2D eigenvalue weighted by Gasteiger charge is -2.22. The van der Waals surface area contributed by atoms with Crippen molar-refractivity contribution in [2.45, 2.75) is 32.2 Å². The summed E-state index contributed by atoms with van der Waals surface area (Å²) in [7, 11) is 2.00. The maximum absolute atomic E-state index is 12.2. The molecule has 1 atom stereocenters. The summed E-state index contributed by atoms with van der Waals surface area (Å²) in [6, 6.07) is 7.64. The number of nitrogens with zero attached hydrogens (tertiary/aromatic N) is 1. The van der Waals surface area contributed by atoms with Crippen LogP contribution in [0.2, 0.25) is 0 Å². The third-order valence-corrected chi connectivity index (χ3v) is 3.99. The first-order valence-corrected chi connectivity index (χ1v) is 7.64. The Balaban J connectivity index is 1.98. The smallest absolute Gasteiger partial charge is 0.319 e. The number of rotatable bonds is 7. The molecule has 2 rings (SSSR count). The van der Waals surface area contributed by atoms with E-state index < -0.39 is 0 Å². The Morgan fingerprint density at radius 1 is 1.43 bits per heavy atom. The van der Waals surface area contributed by atoms with Crippen molar-refractivity contribution < 1.29 is 9.90 Å². The Labute approximate surface area is 126 Å². The quantitative estimate of drug-likeness (QED) is 0.723. The molecule has 1 aromatic carbocycles. The van der Waals surface area contributed by atoms with Crippen molar-refractivity contribution >= 4 is 17.4 Å². The number of carbonyl (C=O) groups excluding carboxylic acids is 1. The largest absolute Gasteiger partial charge is 0.396 e. The molecule has 1 saturated carbocycles. The lowest BCUT2D eigenvalue weighted by molar-refractivity contribution is 0.234. The molecule has 1 unspecified atom stereocenters. The van der Waals surface area contributed by atoms with Gasteiger partial charge in [-0.25, -0.2) is 4.79 Å². The number of aliphatic hydroxyl groups is 1. The number of nitrogens with one attached hydrogen (secondary N) is 2. The van der Waals surface area contributed by atoms with Gasteiger partial charge < -0.3 is 20.6 Å². The van der Waals surface area contributed by atoms with Crippen molar-refractivity contribution in [1.29, 1.82) is 0 Å². The summed E-state index contributed by atoms with van der Waals surface area (Å²) in [5.74, 6) is 0.524. The number of aliphatic hydroxyl groups excluding tert-OH is 1. The molecule has 1 aliphatic carbocycles. The van der Waals surface area contributed by atoms with E-state index in [0.29, 0.717) is 12.3 Å². The van der Waals surface area contributed by atoms with E-state index in [0.717, 1.165) is 30.8 Å². The minimum Gasteiger partial charge on any atom is -0.396 e. The van der Waals surface area contributed by atoms with Crippen LogP contribution in [0.4, 0.5) is 16.2 Å². The molecule has 0 saturated heterocycles. The number of carbonyl (C=O) groups is 1. The number of hydrogen-bond donors (Lipinski definition) is 3. The summed E-state index contributed by atoms with van der Waals surface area (Å²) in [6.07, 6.45) is 2.90. The minimum absolute atomic E-state index is 0.0751. The van der Waals surface area contributed by atoms with Crippen LogP contribution in [0.1, 0.15) is 26.2 Å². The van der Waals surface area contributed by atoms with Crippen molar-refractivity contribution in [2.24, 2.45) is 5.92 Å². The van der Waals surface area contributed by atoms with Gasteiger partial charge in [0.15, 0.2) is 0 Å². The molecule has 5 nitrogen and oxygen atoms in total. The summed E-state index contributed by atoms with van der Waals surface area (Å²) in [4.78, 5) is 14.3.